The van der Waals surface area contributed by atoms with Crippen molar-refractivity contribution in [3.8, 4) is 0 Å². The molecular weight excluding hydrogens is 319 g/mol. The molecule has 0 N–H and O–H groups in total. The molecule has 0 aliphatic carbocycles. The van der Waals surface area contributed by atoms with Gasteiger partial charge in [0.2, 0.25) is 0 Å². The molecule has 7 heteroatoms. The molecule has 1 rings (SSSR count). The van der Waals surface area contributed by atoms with Crippen LogP contribution in [0.3, 0.4) is 0 Å². The normalized spacial score (nSPS) is 12.0. The zero-order chi connectivity index (χ0) is 14.6. The van der Waals surface area contributed by atoms with Crippen LogP contribution in [0.5, 0.6) is 0 Å². The van der Waals surface area contributed by atoms with E-state index in [9.17, 15) is 19.3 Å². The van der Waals surface area contributed by atoms with E-state index < -0.39 is 22.3 Å². The Labute approximate surface area is 118 Å². The lowest BCUT2D eigenvalue weighted by Gasteiger charge is -2.17. The molecule has 104 valence electrons. The van der Waals surface area contributed by atoms with Crippen LogP contribution in [-0.4, -0.2) is 34.2 Å². The number of rotatable bonds is 5. The van der Waals surface area contributed by atoms with Gasteiger partial charge in [-0.25, -0.2) is 4.39 Å². The molecule has 0 heterocycles. The largest absolute Gasteiger partial charge is 0.341 e. The molecule has 1 atom stereocenters. The molecule has 0 radical (unpaired) electrons. The molecule has 0 aromatic heterocycles. The maximum Gasteiger partial charge on any atom is 0.285 e. The molecule has 0 saturated heterocycles. The number of hydrogen-bond acceptors (Lipinski definition) is 3. The van der Waals surface area contributed by atoms with Crippen LogP contribution in [0.25, 0.3) is 0 Å². The number of nitro benzene ring substituents is 1. The predicted molar refractivity (Wildman–Crippen MR) is 73.0 cm³/mol. The molecule has 0 aliphatic rings. The fraction of sp³-hybridized carbons (Fsp3) is 0.417. The zero-order valence-corrected chi connectivity index (χ0v) is 12.2. The molecule has 0 spiro atoms. The summed E-state index contributed by atoms with van der Waals surface area (Å²) in [7, 11) is 1.56. The Kier molecular flexibility index (Phi) is 5.41. The van der Waals surface area contributed by atoms with Crippen LogP contribution in [0.2, 0.25) is 0 Å². The summed E-state index contributed by atoms with van der Waals surface area (Å²) >= 11 is 3.36. The van der Waals surface area contributed by atoms with E-state index in [0.29, 0.717) is 6.54 Å². The highest BCUT2D eigenvalue weighted by molar-refractivity contribution is 9.09. The van der Waals surface area contributed by atoms with Gasteiger partial charge in [-0.3, -0.25) is 14.9 Å². The molecule has 1 amide bonds. The van der Waals surface area contributed by atoms with E-state index in [1.807, 2.05) is 6.92 Å². The highest BCUT2D eigenvalue weighted by atomic mass is 79.9. The Bertz CT molecular complexity index is 494. The maximum atomic E-state index is 13.0. The Morgan fingerprint density at radius 3 is 2.74 bits per heavy atom. The van der Waals surface area contributed by atoms with Gasteiger partial charge >= 0.3 is 0 Å². The topological polar surface area (TPSA) is 63.5 Å². The Morgan fingerprint density at radius 1 is 1.58 bits per heavy atom. The second-order valence-corrected chi connectivity index (χ2v) is 5.78. The minimum Gasteiger partial charge on any atom is -0.341 e. The van der Waals surface area contributed by atoms with Crippen LogP contribution in [-0.2, 0) is 0 Å². The summed E-state index contributed by atoms with van der Waals surface area (Å²) in [5, 5.41) is 10.8. The fourth-order valence-electron chi connectivity index (χ4n) is 1.52. The van der Waals surface area contributed by atoms with E-state index >= 15 is 0 Å². The Hall–Kier alpha value is -1.50. The van der Waals surface area contributed by atoms with Crippen LogP contribution in [0, 0.1) is 15.9 Å². The minimum absolute atomic E-state index is 0.101. The first-order valence-electron chi connectivity index (χ1n) is 5.66. The Morgan fingerprint density at radius 2 is 2.21 bits per heavy atom. The number of benzene rings is 1. The van der Waals surface area contributed by atoms with Gasteiger partial charge in [-0.05, 0) is 18.6 Å². The summed E-state index contributed by atoms with van der Waals surface area (Å²) < 4.78 is 13.0. The smallest absolute Gasteiger partial charge is 0.285 e. The highest BCUT2D eigenvalue weighted by Gasteiger charge is 2.23. The average molecular weight is 333 g/mol. The lowest BCUT2D eigenvalue weighted by Crippen LogP contribution is -2.29. The number of carbonyl (C=O) groups is 1. The molecular formula is C12H14BrFN2O3. The molecule has 0 fully saturated rings. The second kappa shape index (κ2) is 6.60. The first-order valence-corrected chi connectivity index (χ1v) is 6.58. The zero-order valence-electron chi connectivity index (χ0n) is 10.6. The van der Waals surface area contributed by atoms with Crippen LogP contribution < -0.4 is 0 Å². The van der Waals surface area contributed by atoms with Crippen LogP contribution in [0.1, 0.15) is 23.7 Å². The Balaban J connectivity index is 2.96. The van der Waals surface area contributed by atoms with Gasteiger partial charge in [-0.1, -0.05) is 22.9 Å². The first-order chi connectivity index (χ1) is 8.82. The molecule has 0 aliphatic heterocycles. The first kappa shape index (κ1) is 15.6. The minimum atomic E-state index is -0.753. The number of alkyl halides is 1. The van der Waals surface area contributed by atoms with Gasteiger partial charge < -0.3 is 4.90 Å². The van der Waals surface area contributed by atoms with E-state index in [0.717, 1.165) is 24.6 Å². The number of nitro groups is 1. The van der Waals surface area contributed by atoms with Crippen molar-refractivity contribution in [1.82, 2.24) is 4.90 Å². The second-order valence-electron chi connectivity index (χ2n) is 4.21. The molecule has 19 heavy (non-hydrogen) atoms. The third-order valence-corrected chi connectivity index (χ3v) is 3.05. The van der Waals surface area contributed by atoms with E-state index in [1.54, 1.807) is 7.05 Å². The standard InChI is InChI=1S/C12H14BrFN2O3/c1-8(13)5-6-15(2)12(17)10-4-3-9(14)7-11(10)16(18)19/h3-4,7-8H,5-6H2,1-2H3. The van der Waals surface area contributed by atoms with Crippen molar-refractivity contribution in [3.63, 3.8) is 0 Å². The summed E-state index contributed by atoms with van der Waals surface area (Å²) in [6.07, 6.45) is 0.719. The van der Waals surface area contributed by atoms with Gasteiger partial charge in [0.25, 0.3) is 11.6 Å². The predicted octanol–water partition coefficient (Wildman–Crippen LogP) is 2.98. The summed E-state index contributed by atoms with van der Waals surface area (Å²) in [6.45, 7) is 2.40. The number of amides is 1. The van der Waals surface area contributed by atoms with Crippen LogP contribution >= 0.6 is 15.9 Å². The van der Waals surface area contributed by atoms with E-state index in [-0.39, 0.29) is 10.4 Å². The van der Waals surface area contributed by atoms with Gasteiger partial charge in [0.15, 0.2) is 0 Å². The van der Waals surface area contributed by atoms with Gasteiger partial charge in [-0.2, -0.15) is 0 Å². The fourth-order valence-corrected chi connectivity index (χ4v) is 1.72. The van der Waals surface area contributed by atoms with Crippen molar-refractivity contribution in [2.75, 3.05) is 13.6 Å². The molecule has 5 nitrogen and oxygen atoms in total. The summed E-state index contributed by atoms with van der Waals surface area (Å²) in [4.78, 5) is 23.8. The van der Waals surface area contributed by atoms with Crippen LogP contribution in [0.4, 0.5) is 10.1 Å². The SMILES string of the molecule is CC(Br)CCN(C)C(=O)c1ccc(F)cc1[N+](=O)[O-]. The van der Waals surface area contributed by atoms with Gasteiger partial charge in [0, 0.05) is 18.4 Å². The third kappa shape index (κ3) is 4.27. The number of carbonyl (C=O) groups excluding carboxylic acids is 1. The van der Waals surface area contributed by atoms with E-state index in [1.165, 1.54) is 4.90 Å². The summed E-state index contributed by atoms with van der Waals surface area (Å²) in [5.74, 6) is -1.22. The van der Waals surface area contributed by atoms with Crippen molar-refractivity contribution in [2.45, 2.75) is 18.2 Å². The van der Waals surface area contributed by atoms with E-state index in [4.69, 9.17) is 0 Å². The van der Waals surface area contributed by atoms with Crippen molar-refractivity contribution < 1.29 is 14.1 Å². The van der Waals surface area contributed by atoms with Crippen molar-refractivity contribution in [3.05, 3.63) is 39.7 Å². The summed E-state index contributed by atoms with van der Waals surface area (Å²) in [5.41, 5.74) is -0.611. The number of nitrogens with zero attached hydrogens (tertiary/aromatic N) is 2. The van der Waals surface area contributed by atoms with Crippen LogP contribution in [0.15, 0.2) is 18.2 Å². The third-order valence-electron chi connectivity index (χ3n) is 2.60. The molecule has 1 unspecified atom stereocenters. The summed E-state index contributed by atoms with van der Waals surface area (Å²) in [6, 6.07) is 2.94. The van der Waals surface area contributed by atoms with Crippen molar-refractivity contribution in [1.29, 1.82) is 0 Å². The molecule has 1 aromatic rings. The number of halogens is 2. The van der Waals surface area contributed by atoms with Gasteiger partial charge in [0.1, 0.15) is 11.4 Å². The monoisotopic (exact) mass is 332 g/mol. The molecule has 0 bridgehead atoms. The average Bonchev–Trinajstić information content (AvgIpc) is 2.34. The lowest BCUT2D eigenvalue weighted by atomic mass is 10.1. The number of hydrogen-bond donors (Lipinski definition) is 0. The van der Waals surface area contributed by atoms with Crippen molar-refractivity contribution >= 4 is 27.5 Å². The van der Waals surface area contributed by atoms with E-state index in [2.05, 4.69) is 15.9 Å². The lowest BCUT2D eigenvalue weighted by molar-refractivity contribution is -0.385. The van der Waals surface area contributed by atoms with Gasteiger partial charge in [-0.15, -0.1) is 0 Å². The quantitative estimate of drug-likeness (QED) is 0.473. The van der Waals surface area contributed by atoms with Gasteiger partial charge in [0.05, 0.1) is 11.0 Å². The molecule has 0 saturated carbocycles. The highest BCUT2D eigenvalue weighted by Crippen LogP contribution is 2.21. The van der Waals surface area contributed by atoms with Crippen molar-refractivity contribution in [2.24, 2.45) is 0 Å². The molecule has 1 aromatic carbocycles. The maximum absolute atomic E-state index is 13.0.